The molecule has 0 bridgehead atoms. The van der Waals surface area contributed by atoms with Crippen LogP contribution < -0.4 is 11.1 Å². The van der Waals surface area contributed by atoms with Crippen LogP contribution in [-0.2, 0) is 4.79 Å². The third-order valence-electron chi connectivity index (χ3n) is 3.01. The number of nitrogens with one attached hydrogen (secondary N) is 1. The molecule has 1 amide bonds. The lowest BCUT2D eigenvalue weighted by atomic mass is 10.1. The molecule has 0 atom stereocenters. The molecule has 0 fully saturated rings. The molecule has 2 rings (SSSR count). The van der Waals surface area contributed by atoms with Crippen molar-refractivity contribution in [2.24, 2.45) is 0 Å². The Bertz CT molecular complexity index is 634. The predicted octanol–water partition coefficient (Wildman–Crippen LogP) is 2.57. The van der Waals surface area contributed by atoms with Crippen molar-refractivity contribution < 1.29 is 9.59 Å². The summed E-state index contributed by atoms with van der Waals surface area (Å²) in [5, 5.41) is 2.63. The molecule has 1 aromatic carbocycles. The van der Waals surface area contributed by atoms with Gasteiger partial charge in [0.2, 0.25) is 5.91 Å². The van der Waals surface area contributed by atoms with Gasteiger partial charge >= 0.3 is 0 Å². The molecule has 108 valence electrons. The molecule has 0 saturated heterocycles. The number of hydrogen-bond acceptors (Lipinski definition) is 4. The molecule has 0 aliphatic carbocycles. The Kier molecular flexibility index (Phi) is 4.66. The van der Waals surface area contributed by atoms with Crippen LogP contribution in [-0.4, -0.2) is 16.7 Å². The summed E-state index contributed by atoms with van der Waals surface area (Å²) in [4.78, 5) is 27.7. The van der Waals surface area contributed by atoms with E-state index in [4.69, 9.17) is 5.73 Å². The number of carbonyl (C=O) groups excluding carboxylic acids is 2. The molecule has 5 nitrogen and oxygen atoms in total. The van der Waals surface area contributed by atoms with Gasteiger partial charge in [0, 0.05) is 18.4 Å². The van der Waals surface area contributed by atoms with Gasteiger partial charge < -0.3 is 11.1 Å². The van der Waals surface area contributed by atoms with Crippen molar-refractivity contribution >= 4 is 23.2 Å². The van der Waals surface area contributed by atoms with Gasteiger partial charge in [-0.25, -0.2) is 4.98 Å². The first kappa shape index (κ1) is 14.7. The maximum atomic E-state index is 11.9. The number of nitrogens with two attached hydrogens (primary N) is 1. The van der Waals surface area contributed by atoms with E-state index in [1.807, 2.05) is 19.1 Å². The first-order valence-corrected chi connectivity index (χ1v) is 6.66. The van der Waals surface area contributed by atoms with Gasteiger partial charge in [-0.3, -0.25) is 9.59 Å². The smallest absolute Gasteiger partial charge is 0.225 e. The number of ketones is 1. The van der Waals surface area contributed by atoms with E-state index in [0.717, 1.165) is 5.56 Å². The van der Waals surface area contributed by atoms with E-state index in [1.165, 1.54) is 6.20 Å². The van der Waals surface area contributed by atoms with Gasteiger partial charge in [-0.05, 0) is 19.1 Å². The molecule has 2 aromatic rings. The second-order valence-electron chi connectivity index (χ2n) is 4.81. The van der Waals surface area contributed by atoms with E-state index in [9.17, 15) is 9.59 Å². The quantitative estimate of drug-likeness (QED) is 0.826. The number of Topliss-reactive ketones (excluding diaryl/α,β-unsaturated/α-hetero) is 1. The third kappa shape index (κ3) is 4.42. The number of benzene rings is 1. The first-order valence-electron chi connectivity index (χ1n) is 6.66. The van der Waals surface area contributed by atoms with Crippen LogP contribution in [0.3, 0.4) is 0 Å². The van der Waals surface area contributed by atoms with Crippen molar-refractivity contribution in [1.29, 1.82) is 0 Å². The highest BCUT2D eigenvalue weighted by atomic mass is 16.2. The Morgan fingerprint density at radius 1 is 1.10 bits per heavy atom. The average molecular weight is 283 g/mol. The van der Waals surface area contributed by atoms with Crippen molar-refractivity contribution in [3.8, 4) is 0 Å². The number of carbonyl (C=O) groups is 2. The van der Waals surface area contributed by atoms with Gasteiger partial charge in [0.15, 0.2) is 5.78 Å². The van der Waals surface area contributed by atoms with Crippen LogP contribution in [0.2, 0.25) is 0 Å². The van der Waals surface area contributed by atoms with Crippen molar-refractivity contribution in [2.75, 3.05) is 11.1 Å². The van der Waals surface area contributed by atoms with Crippen LogP contribution in [0.4, 0.5) is 11.5 Å². The summed E-state index contributed by atoms with van der Waals surface area (Å²) in [5.74, 6) is 0.139. The lowest BCUT2D eigenvalue weighted by Gasteiger charge is -2.04. The van der Waals surface area contributed by atoms with Crippen LogP contribution in [0.25, 0.3) is 0 Å². The summed E-state index contributed by atoms with van der Waals surface area (Å²) in [6.45, 7) is 1.96. The molecule has 0 saturated carbocycles. The summed E-state index contributed by atoms with van der Waals surface area (Å²) >= 11 is 0. The van der Waals surface area contributed by atoms with Gasteiger partial charge in [-0.2, -0.15) is 0 Å². The van der Waals surface area contributed by atoms with Gasteiger partial charge in [0.05, 0.1) is 11.9 Å². The van der Waals surface area contributed by atoms with Gasteiger partial charge in [0.25, 0.3) is 0 Å². The Hall–Kier alpha value is -2.69. The second-order valence-corrected chi connectivity index (χ2v) is 4.81. The number of amides is 1. The Labute approximate surface area is 123 Å². The van der Waals surface area contributed by atoms with E-state index in [2.05, 4.69) is 10.3 Å². The highest BCUT2D eigenvalue weighted by molar-refractivity contribution is 5.99. The van der Waals surface area contributed by atoms with Crippen LogP contribution in [0.15, 0.2) is 42.6 Å². The third-order valence-corrected chi connectivity index (χ3v) is 3.01. The zero-order valence-electron chi connectivity index (χ0n) is 11.8. The Balaban J connectivity index is 1.84. The topological polar surface area (TPSA) is 85.1 Å². The number of anilines is 2. The fourth-order valence-electron chi connectivity index (χ4n) is 1.80. The molecule has 3 N–H and O–H groups in total. The summed E-state index contributed by atoms with van der Waals surface area (Å²) in [6.07, 6.45) is 1.76. The van der Waals surface area contributed by atoms with Crippen molar-refractivity contribution in [1.82, 2.24) is 4.98 Å². The van der Waals surface area contributed by atoms with Gasteiger partial charge in [-0.1, -0.05) is 29.8 Å². The molecule has 0 unspecified atom stereocenters. The minimum Gasteiger partial charge on any atom is -0.397 e. The van der Waals surface area contributed by atoms with Crippen molar-refractivity contribution in [3.63, 3.8) is 0 Å². The maximum absolute atomic E-state index is 11.9. The standard InChI is InChI=1S/C16H17N3O2/c1-11-2-4-12(5-3-11)14(20)7-9-16(21)19-15-8-6-13(17)10-18-15/h2-6,8,10H,7,9,17H2,1H3,(H,18,19,21). The number of pyridine rings is 1. The molecule has 0 radical (unpaired) electrons. The summed E-state index contributed by atoms with van der Waals surface area (Å²) in [6, 6.07) is 10.6. The molecule has 5 heteroatoms. The van der Waals surface area contributed by atoms with Crippen molar-refractivity contribution in [2.45, 2.75) is 19.8 Å². The number of nitrogen functional groups attached to an aromatic ring is 1. The van der Waals surface area contributed by atoms with E-state index < -0.39 is 0 Å². The number of aromatic nitrogens is 1. The molecule has 1 aromatic heterocycles. The highest BCUT2D eigenvalue weighted by Crippen LogP contribution is 2.10. The second kappa shape index (κ2) is 6.65. The fourth-order valence-corrected chi connectivity index (χ4v) is 1.80. The van der Waals surface area contributed by atoms with E-state index in [1.54, 1.807) is 24.3 Å². The minimum atomic E-state index is -0.243. The number of hydrogen-bond donors (Lipinski definition) is 2. The molecule has 0 spiro atoms. The van der Waals surface area contributed by atoms with E-state index in [0.29, 0.717) is 17.1 Å². The number of rotatable bonds is 5. The van der Waals surface area contributed by atoms with Crippen molar-refractivity contribution in [3.05, 3.63) is 53.7 Å². The Morgan fingerprint density at radius 3 is 2.43 bits per heavy atom. The molecule has 21 heavy (non-hydrogen) atoms. The van der Waals surface area contributed by atoms with Gasteiger partial charge in [0.1, 0.15) is 5.82 Å². The maximum Gasteiger partial charge on any atom is 0.225 e. The lowest BCUT2D eigenvalue weighted by Crippen LogP contribution is -2.14. The van der Waals surface area contributed by atoms with Crippen LogP contribution in [0, 0.1) is 6.92 Å². The largest absolute Gasteiger partial charge is 0.397 e. The normalized spacial score (nSPS) is 10.1. The average Bonchev–Trinajstić information content (AvgIpc) is 2.48. The molecule has 1 heterocycles. The number of nitrogens with zero attached hydrogens (tertiary/aromatic N) is 1. The minimum absolute atomic E-state index is 0.0459. The monoisotopic (exact) mass is 283 g/mol. The number of aryl methyl sites for hydroxylation is 1. The summed E-state index contributed by atoms with van der Waals surface area (Å²) < 4.78 is 0. The predicted molar refractivity (Wildman–Crippen MR) is 82.0 cm³/mol. The van der Waals surface area contributed by atoms with Gasteiger partial charge in [-0.15, -0.1) is 0 Å². The van der Waals surface area contributed by atoms with Crippen LogP contribution in [0.1, 0.15) is 28.8 Å². The van der Waals surface area contributed by atoms with E-state index in [-0.39, 0.29) is 24.5 Å². The zero-order chi connectivity index (χ0) is 15.2. The zero-order valence-corrected chi connectivity index (χ0v) is 11.8. The fraction of sp³-hybridized carbons (Fsp3) is 0.188. The lowest BCUT2D eigenvalue weighted by molar-refractivity contribution is -0.116. The molecule has 0 aliphatic heterocycles. The molecular weight excluding hydrogens is 266 g/mol. The highest BCUT2D eigenvalue weighted by Gasteiger charge is 2.09. The Morgan fingerprint density at radius 2 is 1.81 bits per heavy atom. The van der Waals surface area contributed by atoms with E-state index >= 15 is 0 Å². The van der Waals surface area contributed by atoms with Crippen LogP contribution in [0.5, 0.6) is 0 Å². The SMILES string of the molecule is Cc1ccc(C(=O)CCC(=O)Nc2ccc(N)cn2)cc1. The first-order chi connectivity index (χ1) is 10.0. The van der Waals surface area contributed by atoms with Crippen LogP contribution >= 0.6 is 0 Å². The summed E-state index contributed by atoms with van der Waals surface area (Å²) in [5.41, 5.74) is 7.76. The molecule has 0 aliphatic rings. The summed E-state index contributed by atoms with van der Waals surface area (Å²) in [7, 11) is 0. The molecular formula is C16H17N3O2.